The van der Waals surface area contributed by atoms with Gasteiger partial charge in [0.15, 0.2) is 5.82 Å². The Labute approximate surface area is 390 Å². The van der Waals surface area contributed by atoms with Crippen LogP contribution in [-0.2, 0) is 16.0 Å². The van der Waals surface area contributed by atoms with E-state index >= 15 is 4.39 Å². The molecule has 2 amide bonds. The summed E-state index contributed by atoms with van der Waals surface area (Å²) >= 11 is 0. The molecule has 2 aliphatic carbocycles. The van der Waals surface area contributed by atoms with Crippen molar-refractivity contribution in [2.75, 3.05) is 75.3 Å². The largest absolute Gasteiger partial charge is 0.508 e. The number of hydrogen-bond acceptors (Lipinski definition) is 13. The van der Waals surface area contributed by atoms with Crippen LogP contribution in [0.3, 0.4) is 0 Å². The number of piperazine rings is 2. The summed E-state index contributed by atoms with van der Waals surface area (Å²) in [6.45, 7) is 11.3. The fourth-order valence-corrected chi connectivity index (χ4v) is 12.6. The molecule has 0 radical (unpaired) electrons. The Morgan fingerprint density at radius 2 is 1.67 bits per heavy atom. The van der Waals surface area contributed by atoms with Crippen LogP contribution in [0.1, 0.15) is 88.2 Å². The fourth-order valence-electron chi connectivity index (χ4n) is 12.6. The highest BCUT2D eigenvalue weighted by molar-refractivity contribution is 6.02. The number of aryl methyl sites for hydroxylation is 1. The summed E-state index contributed by atoms with van der Waals surface area (Å²) in [5, 5.41) is 19.2. The molecule has 3 aromatic heterocycles. The number of likely N-dealkylation sites (tertiary alicyclic amines) is 1. The lowest BCUT2D eigenvalue weighted by Crippen LogP contribution is -2.59. The maximum Gasteiger partial charge on any atom is 0.319 e. The summed E-state index contributed by atoms with van der Waals surface area (Å²) in [5.74, 6) is 0.437. The minimum absolute atomic E-state index is 0.0397. The zero-order valence-electron chi connectivity index (χ0n) is 38.5. The first kappa shape index (κ1) is 42.8. The molecule has 5 aromatic rings. The first-order valence-corrected chi connectivity index (χ1v) is 24.9. The zero-order valence-corrected chi connectivity index (χ0v) is 38.5. The molecule has 14 nitrogen and oxygen atoms in total. The van der Waals surface area contributed by atoms with E-state index in [2.05, 4.69) is 37.2 Å². The highest BCUT2D eigenvalue weighted by Gasteiger charge is 2.51. The number of nitrogens with one attached hydrogen (secondary N) is 2. The molecule has 8 heterocycles. The third kappa shape index (κ3) is 8.14. The third-order valence-corrected chi connectivity index (χ3v) is 16.7. The van der Waals surface area contributed by atoms with Crippen LogP contribution < -0.4 is 25.2 Å². The Balaban J connectivity index is 0.684. The number of phenols is 1. The predicted octanol–water partition coefficient (Wildman–Crippen LogP) is 6.33. The SMILES string of the molecule is CCc1cccc2cc(O)cc(-c3ncc4c(N5CC6CCC(C5)N6)nc(OCC5(CN6CCC7(CC6)CC(N6CCN(c8ccc(C9CCC(=O)NC9=O)cn8)CC6)C7)CC5)nc4c3F)c12. The quantitative estimate of drug-likeness (QED) is 0.127. The molecule has 3 unspecified atom stereocenters. The van der Waals surface area contributed by atoms with Gasteiger partial charge in [0.05, 0.1) is 17.9 Å². The normalized spacial score (nSPS) is 25.2. The Morgan fingerprint density at radius 3 is 2.39 bits per heavy atom. The number of imide groups is 1. The lowest BCUT2D eigenvalue weighted by Gasteiger charge is -2.56. The molecule has 5 saturated heterocycles. The van der Waals surface area contributed by atoms with E-state index in [1.807, 2.05) is 36.5 Å². The lowest BCUT2D eigenvalue weighted by molar-refractivity contribution is -0.134. The molecule has 3 N–H and O–H groups in total. The van der Waals surface area contributed by atoms with Gasteiger partial charge in [0, 0.05) is 93.7 Å². The van der Waals surface area contributed by atoms with E-state index < -0.39 is 5.82 Å². The van der Waals surface area contributed by atoms with Crippen molar-refractivity contribution in [1.29, 1.82) is 0 Å². The van der Waals surface area contributed by atoms with E-state index in [0.29, 0.717) is 59.8 Å². The van der Waals surface area contributed by atoms with Crippen molar-refractivity contribution in [2.24, 2.45) is 10.8 Å². The first-order chi connectivity index (χ1) is 32.6. The molecule has 2 saturated carbocycles. The molecule has 2 aromatic carbocycles. The Bertz CT molecular complexity index is 2710. The summed E-state index contributed by atoms with van der Waals surface area (Å²) in [7, 11) is 0. The van der Waals surface area contributed by atoms with Crippen LogP contribution in [0.4, 0.5) is 16.0 Å². The molecule has 2 bridgehead atoms. The lowest BCUT2D eigenvalue weighted by atomic mass is 9.60. The molecule has 3 atom stereocenters. The van der Waals surface area contributed by atoms with Crippen LogP contribution >= 0.6 is 0 Å². The fraction of sp³-hybridized carbons (Fsp3) is 0.538. The van der Waals surface area contributed by atoms with Gasteiger partial charge in [-0.25, -0.2) is 9.37 Å². The summed E-state index contributed by atoms with van der Waals surface area (Å²) in [6, 6.07) is 14.9. The Kier molecular flexibility index (Phi) is 10.8. The van der Waals surface area contributed by atoms with Crippen molar-refractivity contribution in [2.45, 2.75) is 102 Å². The number of piperidine rings is 2. The maximum absolute atomic E-state index is 17.2. The number of rotatable bonds is 11. The number of aromatic nitrogens is 4. The van der Waals surface area contributed by atoms with Crippen molar-refractivity contribution < 1.29 is 23.8 Å². The number of pyridine rings is 2. The number of carbonyl (C=O) groups is 2. The number of aromatic hydroxyl groups is 1. The van der Waals surface area contributed by atoms with Crippen LogP contribution in [0, 0.1) is 16.6 Å². The number of halogens is 1. The molecular weight excluding hydrogens is 848 g/mol. The molecule has 15 heteroatoms. The van der Waals surface area contributed by atoms with Gasteiger partial charge in [0.1, 0.15) is 28.6 Å². The van der Waals surface area contributed by atoms with Gasteiger partial charge >= 0.3 is 6.01 Å². The van der Waals surface area contributed by atoms with Crippen molar-refractivity contribution in [3.05, 3.63) is 71.8 Å². The maximum atomic E-state index is 17.2. The minimum atomic E-state index is -0.529. The summed E-state index contributed by atoms with van der Waals surface area (Å²) in [5.41, 5.74) is 3.33. The molecular formula is C52H61FN10O4. The summed E-state index contributed by atoms with van der Waals surface area (Å²) < 4.78 is 23.8. The summed E-state index contributed by atoms with van der Waals surface area (Å²) in [6.07, 6.45) is 14.6. The highest BCUT2D eigenvalue weighted by Crippen LogP contribution is 2.53. The van der Waals surface area contributed by atoms with Crippen LogP contribution in [-0.4, -0.2) is 130 Å². The van der Waals surface area contributed by atoms with Gasteiger partial charge < -0.3 is 29.9 Å². The van der Waals surface area contributed by atoms with Crippen LogP contribution in [0.25, 0.3) is 32.9 Å². The average molecular weight is 909 g/mol. The number of fused-ring (bicyclic) bond motifs is 4. The number of nitrogens with zero attached hydrogens (tertiary/aromatic N) is 8. The van der Waals surface area contributed by atoms with Crippen molar-refractivity contribution in [3.8, 4) is 23.0 Å². The van der Waals surface area contributed by atoms with Gasteiger partial charge in [0.25, 0.3) is 0 Å². The summed E-state index contributed by atoms with van der Waals surface area (Å²) in [4.78, 5) is 53.2. The number of carbonyl (C=O) groups excluding carboxylic acids is 2. The second kappa shape index (κ2) is 16.9. The van der Waals surface area contributed by atoms with Crippen LogP contribution in [0.5, 0.6) is 11.8 Å². The second-order valence-electron chi connectivity index (χ2n) is 21.0. The molecule has 350 valence electrons. The van der Waals surface area contributed by atoms with E-state index in [1.54, 1.807) is 18.3 Å². The molecule has 7 aliphatic rings. The number of phenolic OH excluding ortho intramolecular Hbond substituents is 1. The third-order valence-electron chi connectivity index (χ3n) is 16.7. The van der Waals surface area contributed by atoms with E-state index in [0.717, 1.165) is 119 Å². The van der Waals surface area contributed by atoms with E-state index in [1.165, 1.54) is 25.7 Å². The molecule has 12 rings (SSSR count). The van der Waals surface area contributed by atoms with E-state index in [9.17, 15) is 14.7 Å². The number of amides is 2. The minimum Gasteiger partial charge on any atom is -0.508 e. The van der Waals surface area contributed by atoms with Gasteiger partial charge in [-0.2, -0.15) is 9.97 Å². The number of anilines is 2. The molecule has 67 heavy (non-hydrogen) atoms. The van der Waals surface area contributed by atoms with Gasteiger partial charge in [-0.3, -0.25) is 24.8 Å². The van der Waals surface area contributed by atoms with Gasteiger partial charge in [0.2, 0.25) is 11.8 Å². The topological polar surface area (TPSA) is 152 Å². The number of hydrogen-bond donors (Lipinski definition) is 3. The van der Waals surface area contributed by atoms with Crippen LogP contribution in [0.15, 0.2) is 54.9 Å². The molecule has 7 fully saturated rings. The van der Waals surface area contributed by atoms with Crippen molar-refractivity contribution >= 4 is 45.1 Å². The van der Waals surface area contributed by atoms with Crippen molar-refractivity contribution in [1.82, 2.24) is 40.4 Å². The zero-order chi connectivity index (χ0) is 45.4. The van der Waals surface area contributed by atoms with E-state index in [-0.39, 0.29) is 46.1 Å². The monoisotopic (exact) mass is 908 g/mol. The van der Waals surface area contributed by atoms with E-state index in [4.69, 9.17) is 24.7 Å². The molecule has 5 aliphatic heterocycles. The Hall–Kier alpha value is -5.51. The molecule has 1 spiro atoms. The van der Waals surface area contributed by atoms with Gasteiger partial charge in [-0.05, 0) is 123 Å². The first-order valence-electron chi connectivity index (χ1n) is 24.9. The Morgan fingerprint density at radius 1 is 0.881 bits per heavy atom. The predicted molar refractivity (Wildman–Crippen MR) is 255 cm³/mol. The highest BCUT2D eigenvalue weighted by atomic mass is 19.1. The second-order valence-corrected chi connectivity index (χ2v) is 21.0. The smallest absolute Gasteiger partial charge is 0.319 e. The number of benzene rings is 2. The van der Waals surface area contributed by atoms with Gasteiger partial charge in [-0.1, -0.05) is 31.2 Å². The standard InChI is InChI=1S/C52H61FN10O4/c1-2-32-4-3-5-33-22-38(64)23-40(44(32)33)46-45(53)47-41(27-55-46)48(63-28-35-7-8-36(29-63)56-35)59-50(58-47)67-31-52(12-13-52)30-60-16-14-51(15-17-60)24-37(25-51)61-18-20-62(21-19-61)42-10-6-34(26-54-42)39-9-11-43(65)57-49(39)66/h3-6,10,22-23,26-27,35-37,39,56,64H,2,7-9,11-21,24-25,28-31H2,1H3,(H,57,65,66). The number of ether oxygens (including phenoxy) is 1. The van der Waals surface area contributed by atoms with Gasteiger partial charge in [-0.15, -0.1) is 0 Å². The van der Waals surface area contributed by atoms with Crippen LogP contribution in [0.2, 0.25) is 0 Å². The van der Waals surface area contributed by atoms with Crippen molar-refractivity contribution in [3.63, 3.8) is 0 Å². The average Bonchev–Trinajstić information content (AvgIpc) is 4.02.